The van der Waals surface area contributed by atoms with Crippen LogP contribution in [0.25, 0.3) is 4.85 Å². The van der Waals surface area contributed by atoms with Crippen LogP contribution in [0.4, 0.5) is 18.9 Å². The Morgan fingerprint density at radius 1 is 1.20 bits per heavy atom. The number of likely N-dealkylation sites (tertiary alicyclic amines) is 1. The van der Waals surface area contributed by atoms with Gasteiger partial charge >= 0.3 is 6.36 Å². The fraction of sp³-hybridized carbons (Fsp3) is 0.600. The van der Waals surface area contributed by atoms with Crippen LogP contribution >= 0.6 is 0 Å². The molecule has 0 radical (unpaired) electrons. The molecule has 1 N–H and O–H groups in total. The molecule has 3 fully saturated rings. The van der Waals surface area contributed by atoms with Crippen LogP contribution in [-0.2, 0) is 20.9 Å². The molecule has 1 aromatic carbocycles. The molecule has 0 unspecified atom stereocenters. The van der Waals surface area contributed by atoms with Gasteiger partial charge in [0.2, 0.25) is 11.8 Å². The molecule has 1 aromatic rings. The monoisotopic (exact) mass is 491 g/mol. The number of amides is 2. The number of halogens is 3. The summed E-state index contributed by atoms with van der Waals surface area (Å²) in [4.78, 5) is 43.2. The maximum absolute atomic E-state index is 13.2. The van der Waals surface area contributed by atoms with Crippen molar-refractivity contribution < 1.29 is 32.3 Å². The molecule has 2 saturated carbocycles. The molecule has 188 valence electrons. The third-order valence-electron chi connectivity index (χ3n) is 6.99. The number of hydrogen-bond acceptors (Lipinski definition) is 4. The number of alkyl halides is 3. The molecule has 1 heterocycles. The number of rotatable bonds is 9. The first kappa shape index (κ1) is 25.0. The predicted molar refractivity (Wildman–Crippen MR) is 119 cm³/mol. The van der Waals surface area contributed by atoms with E-state index in [4.69, 9.17) is 6.57 Å². The van der Waals surface area contributed by atoms with Crippen LogP contribution in [0.15, 0.2) is 18.2 Å². The Morgan fingerprint density at radius 3 is 2.57 bits per heavy atom. The number of carbonyl (C=O) groups excluding carboxylic acids is 3. The number of ketones is 1. The van der Waals surface area contributed by atoms with Gasteiger partial charge in [-0.15, -0.1) is 13.2 Å². The Hall–Kier alpha value is -3.09. The first-order chi connectivity index (χ1) is 16.6. The van der Waals surface area contributed by atoms with E-state index in [0.29, 0.717) is 44.6 Å². The van der Waals surface area contributed by atoms with Crippen molar-refractivity contribution in [2.24, 2.45) is 17.3 Å². The van der Waals surface area contributed by atoms with Gasteiger partial charge in [-0.1, -0.05) is 12.1 Å². The zero-order valence-electron chi connectivity index (χ0n) is 19.3. The fourth-order valence-electron chi connectivity index (χ4n) is 4.73. The van der Waals surface area contributed by atoms with E-state index in [2.05, 4.69) is 14.9 Å². The molecule has 0 bridgehead atoms. The topological polar surface area (TPSA) is 80.1 Å². The molecule has 1 aliphatic heterocycles. The van der Waals surface area contributed by atoms with Crippen molar-refractivity contribution in [1.82, 2.24) is 10.2 Å². The molecule has 0 aromatic heterocycles. The van der Waals surface area contributed by atoms with Crippen LogP contribution in [0.3, 0.4) is 0 Å². The number of piperidine rings is 1. The molecule has 35 heavy (non-hydrogen) atoms. The number of hydrogen-bond donors (Lipinski definition) is 1. The summed E-state index contributed by atoms with van der Waals surface area (Å²) in [6, 6.07) is 3.67. The van der Waals surface area contributed by atoms with Crippen LogP contribution in [0.5, 0.6) is 5.75 Å². The van der Waals surface area contributed by atoms with E-state index in [1.54, 1.807) is 4.90 Å². The maximum Gasteiger partial charge on any atom is 0.573 e. The molecule has 1 atom stereocenters. The van der Waals surface area contributed by atoms with Gasteiger partial charge in [0.1, 0.15) is 11.5 Å². The van der Waals surface area contributed by atoms with Crippen molar-refractivity contribution in [1.29, 1.82) is 0 Å². The van der Waals surface area contributed by atoms with E-state index in [1.165, 1.54) is 12.1 Å². The number of carbonyl (C=O) groups is 3. The average Bonchev–Trinajstić information content (AvgIpc) is 3.74. The van der Waals surface area contributed by atoms with E-state index >= 15 is 0 Å². The summed E-state index contributed by atoms with van der Waals surface area (Å²) in [5.41, 5.74) is -0.526. The molecule has 2 aliphatic carbocycles. The van der Waals surface area contributed by atoms with Gasteiger partial charge in [0, 0.05) is 38.0 Å². The second-order valence-corrected chi connectivity index (χ2v) is 9.90. The number of nitrogens with one attached hydrogen (secondary N) is 1. The van der Waals surface area contributed by atoms with Crippen LogP contribution < -0.4 is 10.1 Å². The van der Waals surface area contributed by atoms with Gasteiger partial charge < -0.3 is 15.0 Å². The summed E-state index contributed by atoms with van der Waals surface area (Å²) in [6.45, 7) is 7.54. The second-order valence-electron chi connectivity index (χ2n) is 9.90. The molecular formula is C25H28F3N3O4. The van der Waals surface area contributed by atoms with Crippen molar-refractivity contribution in [2.75, 3.05) is 13.1 Å². The predicted octanol–water partition coefficient (Wildman–Crippen LogP) is 4.53. The van der Waals surface area contributed by atoms with Gasteiger partial charge in [0.15, 0.2) is 5.69 Å². The number of benzene rings is 1. The standard InChI is InChI=1S/C25H28F3N3O4/c1-29-19-7-6-17(21(12-19)35-25(26,27)28)14-30-22(33)18-3-2-10-31(15-18)23(34)24(8-9-24)13-20(32)11-16-4-5-16/h6-7,12,16,18H,2-5,8-11,13-15H2,(H,30,33)/t18-/m1/s1. The minimum atomic E-state index is -4.93. The molecule has 3 aliphatic rings. The SMILES string of the molecule is [C-]#[N+]c1ccc(CNC(=O)[C@@H]2CCCN(C(=O)C3(CC(=O)CC4CC4)CC3)C2)c(OC(F)(F)F)c1. The highest BCUT2D eigenvalue weighted by Crippen LogP contribution is 2.51. The van der Waals surface area contributed by atoms with Gasteiger partial charge in [-0.2, -0.15) is 0 Å². The first-order valence-corrected chi connectivity index (χ1v) is 11.9. The number of ether oxygens (including phenoxy) is 1. The van der Waals surface area contributed by atoms with E-state index in [-0.39, 0.29) is 48.4 Å². The zero-order valence-corrected chi connectivity index (χ0v) is 19.3. The first-order valence-electron chi connectivity index (χ1n) is 11.9. The molecular weight excluding hydrogens is 463 g/mol. The minimum Gasteiger partial charge on any atom is -0.407 e. The van der Waals surface area contributed by atoms with Gasteiger partial charge in [0.05, 0.1) is 17.9 Å². The molecule has 2 amide bonds. The summed E-state index contributed by atoms with van der Waals surface area (Å²) in [6.07, 6.45) is 0.657. The van der Waals surface area contributed by atoms with E-state index in [9.17, 15) is 27.6 Å². The molecule has 4 rings (SSSR count). The minimum absolute atomic E-state index is 0.00891. The lowest BCUT2D eigenvalue weighted by Crippen LogP contribution is -2.48. The Bertz CT molecular complexity index is 1040. The third kappa shape index (κ3) is 6.53. The summed E-state index contributed by atoms with van der Waals surface area (Å²) >= 11 is 0. The number of Topliss-reactive ketones (excluding diaryl/α,β-unsaturated/α-hetero) is 1. The van der Waals surface area contributed by atoms with Crippen molar-refractivity contribution in [3.05, 3.63) is 35.2 Å². The van der Waals surface area contributed by atoms with E-state index in [0.717, 1.165) is 18.9 Å². The lowest BCUT2D eigenvalue weighted by Gasteiger charge is -2.34. The summed E-state index contributed by atoms with van der Waals surface area (Å²) in [7, 11) is 0. The van der Waals surface area contributed by atoms with Gasteiger partial charge in [0.25, 0.3) is 0 Å². The van der Waals surface area contributed by atoms with Crippen molar-refractivity contribution in [3.8, 4) is 5.75 Å². The molecule has 7 nitrogen and oxygen atoms in total. The highest BCUT2D eigenvalue weighted by molar-refractivity contribution is 5.92. The third-order valence-corrected chi connectivity index (χ3v) is 6.99. The van der Waals surface area contributed by atoms with Gasteiger partial charge in [-0.3, -0.25) is 14.4 Å². The largest absolute Gasteiger partial charge is 0.573 e. The quantitative estimate of drug-likeness (QED) is 0.515. The Labute approximate surface area is 201 Å². The summed E-state index contributed by atoms with van der Waals surface area (Å²) in [5.74, 6) is -0.806. The lowest BCUT2D eigenvalue weighted by atomic mass is 9.91. The lowest BCUT2D eigenvalue weighted by molar-refractivity contribution is -0.274. The highest BCUT2D eigenvalue weighted by atomic mass is 19.4. The van der Waals surface area contributed by atoms with Crippen LogP contribution in [0, 0.1) is 23.8 Å². The molecule has 1 saturated heterocycles. The van der Waals surface area contributed by atoms with Gasteiger partial charge in [-0.05, 0) is 50.5 Å². The molecule has 0 spiro atoms. The maximum atomic E-state index is 13.2. The van der Waals surface area contributed by atoms with Crippen molar-refractivity contribution in [2.45, 2.75) is 64.3 Å². The van der Waals surface area contributed by atoms with Crippen LogP contribution in [0.2, 0.25) is 0 Å². The van der Waals surface area contributed by atoms with E-state index in [1.807, 2.05) is 0 Å². The Morgan fingerprint density at radius 2 is 1.94 bits per heavy atom. The summed E-state index contributed by atoms with van der Waals surface area (Å²) in [5, 5.41) is 2.65. The second kappa shape index (κ2) is 9.88. The van der Waals surface area contributed by atoms with Crippen molar-refractivity contribution >= 4 is 23.3 Å². The smallest absolute Gasteiger partial charge is 0.407 e. The Kier molecular flexibility index (Phi) is 7.06. The van der Waals surface area contributed by atoms with E-state index < -0.39 is 23.4 Å². The Balaban J connectivity index is 1.34. The van der Waals surface area contributed by atoms with Crippen LogP contribution in [0.1, 0.15) is 56.9 Å². The van der Waals surface area contributed by atoms with Crippen molar-refractivity contribution in [3.63, 3.8) is 0 Å². The highest BCUT2D eigenvalue weighted by Gasteiger charge is 2.53. The fourth-order valence-corrected chi connectivity index (χ4v) is 4.73. The average molecular weight is 492 g/mol. The summed E-state index contributed by atoms with van der Waals surface area (Å²) < 4.78 is 42.3. The molecule has 10 heteroatoms. The zero-order chi connectivity index (χ0) is 25.2. The normalized spacial score (nSPS) is 21.1. The number of nitrogens with zero attached hydrogens (tertiary/aromatic N) is 2. The van der Waals surface area contributed by atoms with Crippen LogP contribution in [-0.4, -0.2) is 41.9 Å². The van der Waals surface area contributed by atoms with Gasteiger partial charge in [-0.25, -0.2) is 4.85 Å².